The highest BCUT2D eigenvalue weighted by Gasteiger charge is 2.34. The Bertz CT molecular complexity index is 949. The lowest BCUT2D eigenvalue weighted by atomic mass is 10.2. The van der Waals surface area contributed by atoms with Crippen molar-refractivity contribution in [1.29, 1.82) is 0 Å². The van der Waals surface area contributed by atoms with E-state index >= 15 is 0 Å². The van der Waals surface area contributed by atoms with Crippen LogP contribution in [0.5, 0.6) is 0 Å². The monoisotopic (exact) mass is 497 g/mol. The van der Waals surface area contributed by atoms with Crippen molar-refractivity contribution < 1.29 is 17.6 Å². The Balaban J connectivity index is 0.000000365. The van der Waals surface area contributed by atoms with E-state index in [9.17, 15) is 17.6 Å². The average Bonchev–Trinajstić information content (AvgIpc) is 2.70. The number of rotatable bonds is 3. The third-order valence-electron chi connectivity index (χ3n) is 3.24. The van der Waals surface area contributed by atoms with Crippen LogP contribution >= 0.6 is 34.8 Å². The van der Waals surface area contributed by atoms with Gasteiger partial charge in [-0.25, -0.2) is 19.3 Å². The van der Waals surface area contributed by atoms with Gasteiger partial charge in [-0.05, 0) is 41.4 Å². The molecular weight excluding hydrogens is 481 g/mol. The molecule has 168 valence electrons. The molecule has 0 bridgehead atoms. The lowest BCUT2D eigenvalue weighted by Gasteiger charge is -2.11. The van der Waals surface area contributed by atoms with Crippen molar-refractivity contribution in [3.63, 3.8) is 0 Å². The van der Waals surface area contributed by atoms with Gasteiger partial charge in [0.1, 0.15) is 21.9 Å². The number of nitrogens with two attached hydrogens (primary N) is 1. The van der Waals surface area contributed by atoms with Crippen molar-refractivity contribution in [2.45, 2.75) is 26.6 Å². The van der Waals surface area contributed by atoms with Gasteiger partial charge >= 0.3 is 6.18 Å². The van der Waals surface area contributed by atoms with Crippen LogP contribution in [-0.2, 0) is 12.7 Å². The first kappa shape index (κ1) is 26.8. The first-order chi connectivity index (χ1) is 14.6. The molecule has 2 heterocycles. The van der Waals surface area contributed by atoms with Crippen LogP contribution in [-0.4, -0.2) is 15.0 Å². The molecule has 0 saturated heterocycles. The summed E-state index contributed by atoms with van der Waals surface area (Å²) >= 11 is 16.7. The number of alkyl halides is 3. The zero-order valence-electron chi connectivity index (χ0n) is 16.3. The Morgan fingerprint density at radius 3 is 2.16 bits per heavy atom. The third kappa shape index (κ3) is 9.22. The fourth-order valence-electron chi connectivity index (χ4n) is 1.95. The van der Waals surface area contributed by atoms with Crippen molar-refractivity contribution >= 4 is 46.3 Å². The maximum atomic E-state index is 13.1. The molecule has 0 aliphatic rings. The summed E-state index contributed by atoms with van der Waals surface area (Å²) in [7, 11) is 0. The van der Waals surface area contributed by atoms with Crippen LogP contribution in [0.2, 0.25) is 15.6 Å². The van der Waals surface area contributed by atoms with E-state index in [1.165, 1.54) is 6.07 Å². The van der Waals surface area contributed by atoms with E-state index in [1.54, 1.807) is 12.3 Å². The summed E-state index contributed by atoms with van der Waals surface area (Å²) in [6.07, 6.45) is -3.12. The minimum atomic E-state index is -4.79. The number of anilines is 2. The molecule has 3 rings (SSSR count). The van der Waals surface area contributed by atoms with E-state index in [1.807, 2.05) is 19.9 Å². The van der Waals surface area contributed by atoms with E-state index in [4.69, 9.17) is 40.5 Å². The Morgan fingerprint density at radius 2 is 1.65 bits per heavy atom. The van der Waals surface area contributed by atoms with Gasteiger partial charge in [0.15, 0.2) is 0 Å². The molecule has 0 atom stereocenters. The standard InChI is InChI=1S/C11H5Cl2F4N3.C6H7ClN2.C2H6/c12-8-4-9(20-10(13)19-8)18-5-1-2-7(14)6(3-5)11(15,16)17;7-6-2-1-5(3-8)4-9-6;1-2/h1-4H,(H,18,19,20);1-2,4H,3,8H2;1-2H3. The maximum Gasteiger partial charge on any atom is 0.419 e. The Kier molecular flexibility index (Phi) is 10.9. The van der Waals surface area contributed by atoms with Gasteiger partial charge in [-0.3, -0.25) is 0 Å². The van der Waals surface area contributed by atoms with Crippen molar-refractivity contribution in [2.75, 3.05) is 5.32 Å². The summed E-state index contributed by atoms with van der Waals surface area (Å²) in [4.78, 5) is 11.1. The summed E-state index contributed by atoms with van der Waals surface area (Å²) in [5.41, 5.74) is 4.93. The van der Waals surface area contributed by atoms with E-state index in [0.29, 0.717) is 23.8 Å². The molecule has 1 aromatic carbocycles. The molecule has 0 unspecified atom stereocenters. The quantitative estimate of drug-likeness (QED) is 0.178. The van der Waals surface area contributed by atoms with Crippen LogP contribution in [0.15, 0.2) is 42.6 Å². The third-order valence-corrected chi connectivity index (χ3v) is 3.82. The smallest absolute Gasteiger partial charge is 0.340 e. The van der Waals surface area contributed by atoms with Gasteiger partial charge in [0, 0.05) is 24.5 Å². The van der Waals surface area contributed by atoms with Crippen LogP contribution in [0, 0.1) is 5.82 Å². The highest BCUT2D eigenvalue weighted by Crippen LogP contribution is 2.33. The van der Waals surface area contributed by atoms with E-state index < -0.39 is 17.6 Å². The second kappa shape index (κ2) is 12.6. The predicted octanol–water partition coefficient (Wildman–Crippen LogP) is 6.90. The number of nitrogens with one attached hydrogen (secondary N) is 1. The fraction of sp³-hybridized carbons (Fsp3) is 0.211. The van der Waals surface area contributed by atoms with Crippen molar-refractivity contribution in [2.24, 2.45) is 5.73 Å². The molecule has 0 fully saturated rings. The molecule has 0 amide bonds. The van der Waals surface area contributed by atoms with Crippen LogP contribution in [0.1, 0.15) is 25.0 Å². The number of halogens is 7. The molecule has 0 aliphatic carbocycles. The van der Waals surface area contributed by atoms with Crippen LogP contribution < -0.4 is 11.1 Å². The topological polar surface area (TPSA) is 76.7 Å². The van der Waals surface area contributed by atoms with Crippen LogP contribution in [0.3, 0.4) is 0 Å². The summed E-state index contributed by atoms with van der Waals surface area (Å²) in [5, 5.41) is 2.90. The first-order valence-corrected chi connectivity index (χ1v) is 9.86. The molecule has 0 aliphatic heterocycles. The largest absolute Gasteiger partial charge is 0.419 e. The number of nitrogens with zero attached hydrogens (tertiary/aromatic N) is 3. The predicted molar refractivity (Wildman–Crippen MR) is 115 cm³/mol. The van der Waals surface area contributed by atoms with Gasteiger partial charge in [0.2, 0.25) is 5.28 Å². The Hall–Kier alpha value is -2.20. The van der Waals surface area contributed by atoms with E-state index in [0.717, 1.165) is 11.6 Å². The average molecular weight is 499 g/mol. The number of aromatic nitrogens is 3. The zero-order chi connectivity index (χ0) is 23.6. The lowest BCUT2D eigenvalue weighted by Crippen LogP contribution is -2.08. The fourth-order valence-corrected chi connectivity index (χ4v) is 2.47. The van der Waals surface area contributed by atoms with E-state index in [2.05, 4.69) is 20.3 Å². The minimum absolute atomic E-state index is 0.00967. The van der Waals surface area contributed by atoms with Crippen LogP contribution in [0.25, 0.3) is 0 Å². The second-order valence-electron chi connectivity index (χ2n) is 5.36. The number of hydrogen-bond donors (Lipinski definition) is 2. The molecule has 12 heteroatoms. The zero-order valence-corrected chi connectivity index (χ0v) is 18.6. The molecule has 31 heavy (non-hydrogen) atoms. The van der Waals surface area contributed by atoms with Gasteiger partial charge < -0.3 is 11.1 Å². The van der Waals surface area contributed by atoms with Gasteiger partial charge in [-0.1, -0.05) is 43.1 Å². The molecule has 0 radical (unpaired) electrons. The molecule has 2 aromatic heterocycles. The number of benzene rings is 1. The summed E-state index contributed by atoms with van der Waals surface area (Å²) in [6, 6.07) is 7.31. The van der Waals surface area contributed by atoms with Gasteiger partial charge in [0.25, 0.3) is 0 Å². The minimum Gasteiger partial charge on any atom is -0.340 e. The number of pyridine rings is 1. The molecule has 0 saturated carbocycles. The summed E-state index contributed by atoms with van der Waals surface area (Å²) in [6.45, 7) is 4.52. The molecule has 5 nitrogen and oxygen atoms in total. The van der Waals surface area contributed by atoms with E-state index in [-0.39, 0.29) is 21.9 Å². The lowest BCUT2D eigenvalue weighted by molar-refractivity contribution is -0.139. The molecule has 3 N–H and O–H groups in total. The van der Waals surface area contributed by atoms with Crippen molar-refractivity contribution in [1.82, 2.24) is 15.0 Å². The molecule has 3 aromatic rings. The van der Waals surface area contributed by atoms with Gasteiger partial charge in [0.05, 0.1) is 5.56 Å². The molecular formula is C19H18Cl3F4N5. The maximum absolute atomic E-state index is 13.1. The van der Waals surface area contributed by atoms with Crippen molar-refractivity contribution in [3.8, 4) is 0 Å². The summed E-state index contributed by atoms with van der Waals surface area (Å²) in [5.74, 6) is -1.27. The van der Waals surface area contributed by atoms with Gasteiger partial charge in [-0.2, -0.15) is 13.2 Å². The van der Waals surface area contributed by atoms with Crippen molar-refractivity contribution in [3.05, 3.63) is 75.1 Å². The normalized spacial score (nSPS) is 10.4. The highest BCUT2D eigenvalue weighted by molar-refractivity contribution is 6.32. The SMILES string of the molecule is CC.Fc1ccc(Nc2cc(Cl)nc(Cl)n2)cc1C(F)(F)F.NCc1ccc(Cl)nc1. The second-order valence-corrected chi connectivity index (χ2v) is 6.47. The Labute approximate surface area is 191 Å². The van der Waals surface area contributed by atoms with Gasteiger partial charge in [-0.15, -0.1) is 0 Å². The van der Waals surface area contributed by atoms with Crippen LogP contribution in [0.4, 0.5) is 29.1 Å². The number of hydrogen-bond acceptors (Lipinski definition) is 5. The first-order valence-electron chi connectivity index (χ1n) is 8.73. The summed E-state index contributed by atoms with van der Waals surface area (Å²) < 4.78 is 50.8. The highest BCUT2D eigenvalue weighted by atomic mass is 35.5. The molecule has 0 spiro atoms. The Morgan fingerprint density at radius 1 is 0.968 bits per heavy atom.